The molecule has 0 atom stereocenters. The van der Waals surface area contributed by atoms with Crippen LogP contribution < -0.4 is 5.32 Å². The first-order chi connectivity index (χ1) is 8.97. The molecule has 102 valence electrons. The fourth-order valence-corrected chi connectivity index (χ4v) is 2.31. The van der Waals surface area contributed by atoms with Gasteiger partial charge in [0.05, 0.1) is 5.69 Å². The van der Waals surface area contributed by atoms with Crippen molar-refractivity contribution in [3.05, 3.63) is 46.3 Å². The Labute approximate surface area is 114 Å². The fraction of sp³-hybridized carbons (Fsp3) is 0.400. The molecule has 2 N–H and O–H groups in total. The van der Waals surface area contributed by atoms with Crippen LogP contribution in [-0.4, -0.2) is 14.9 Å². The van der Waals surface area contributed by atoms with Gasteiger partial charge in [0.15, 0.2) is 0 Å². The molecule has 2 rings (SSSR count). The maximum absolute atomic E-state index is 9.74. The third-order valence-electron chi connectivity index (χ3n) is 3.31. The summed E-state index contributed by atoms with van der Waals surface area (Å²) in [5, 5.41) is 17.5. The molecule has 4 nitrogen and oxygen atoms in total. The lowest BCUT2D eigenvalue weighted by atomic mass is 10.1. The van der Waals surface area contributed by atoms with Gasteiger partial charge in [-0.05, 0) is 37.5 Å². The molecule has 0 saturated carbocycles. The smallest absolute Gasteiger partial charge is 0.121 e. The van der Waals surface area contributed by atoms with E-state index in [-0.39, 0.29) is 0 Å². The number of nitrogens with zero attached hydrogens (tertiary/aromatic N) is 2. The Hall–Kier alpha value is -1.81. The first-order valence-corrected chi connectivity index (χ1v) is 6.46. The standard InChI is InChI=1S/C15H21N3O/c1-10-5-13(6-11(2)15(10)19)7-16-8-14-9-18(4)17-12(14)3/h5-6,9,16,19H,7-8H2,1-4H3. The summed E-state index contributed by atoms with van der Waals surface area (Å²) in [6.45, 7) is 7.47. The SMILES string of the molecule is Cc1cc(CNCc2cn(C)nc2C)cc(C)c1O. The van der Waals surface area contributed by atoms with Crippen molar-refractivity contribution in [1.29, 1.82) is 0 Å². The second kappa shape index (κ2) is 5.45. The molecule has 0 aliphatic rings. The number of aryl methyl sites for hydroxylation is 4. The van der Waals surface area contributed by atoms with E-state index in [0.29, 0.717) is 5.75 Å². The predicted molar refractivity (Wildman–Crippen MR) is 76.1 cm³/mol. The molecule has 0 spiro atoms. The van der Waals surface area contributed by atoms with Gasteiger partial charge >= 0.3 is 0 Å². The van der Waals surface area contributed by atoms with E-state index < -0.39 is 0 Å². The lowest BCUT2D eigenvalue weighted by Crippen LogP contribution is -2.13. The van der Waals surface area contributed by atoms with Crippen LogP contribution in [0.3, 0.4) is 0 Å². The van der Waals surface area contributed by atoms with E-state index in [9.17, 15) is 5.11 Å². The lowest BCUT2D eigenvalue weighted by Gasteiger charge is -2.09. The molecule has 2 aromatic rings. The fourth-order valence-electron chi connectivity index (χ4n) is 2.31. The Morgan fingerprint density at radius 1 is 1.16 bits per heavy atom. The number of aromatic nitrogens is 2. The third kappa shape index (κ3) is 3.15. The van der Waals surface area contributed by atoms with Gasteiger partial charge in [-0.15, -0.1) is 0 Å². The summed E-state index contributed by atoms with van der Waals surface area (Å²) in [6.07, 6.45) is 2.04. The number of rotatable bonds is 4. The molecule has 4 heteroatoms. The van der Waals surface area contributed by atoms with Gasteiger partial charge in [0.1, 0.15) is 5.75 Å². The van der Waals surface area contributed by atoms with Gasteiger partial charge in [-0.25, -0.2) is 0 Å². The molecule has 1 aromatic carbocycles. The van der Waals surface area contributed by atoms with Gasteiger partial charge < -0.3 is 10.4 Å². The van der Waals surface area contributed by atoms with E-state index in [1.165, 1.54) is 11.1 Å². The molecule has 0 bridgehead atoms. The summed E-state index contributed by atoms with van der Waals surface area (Å²) in [6, 6.07) is 4.04. The van der Waals surface area contributed by atoms with Crippen molar-refractivity contribution in [2.45, 2.75) is 33.9 Å². The first kappa shape index (κ1) is 13.6. The molecule has 1 heterocycles. The lowest BCUT2D eigenvalue weighted by molar-refractivity contribution is 0.466. The molecule has 0 amide bonds. The maximum atomic E-state index is 9.74. The molecule has 0 saturated heterocycles. The summed E-state index contributed by atoms with van der Waals surface area (Å²) >= 11 is 0. The molecule has 0 aliphatic heterocycles. The molecule has 0 radical (unpaired) electrons. The minimum Gasteiger partial charge on any atom is -0.507 e. The van der Waals surface area contributed by atoms with E-state index in [0.717, 1.165) is 29.9 Å². The molecule has 1 aromatic heterocycles. The maximum Gasteiger partial charge on any atom is 0.121 e. The zero-order chi connectivity index (χ0) is 14.0. The van der Waals surface area contributed by atoms with Crippen LogP contribution in [0.4, 0.5) is 0 Å². The third-order valence-corrected chi connectivity index (χ3v) is 3.31. The quantitative estimate of drug-likeness (QED) is 0.886. The number of phenols is 1. The number of hydrogen-bond acceptors (Lipinski definition) is 3. The second-order valence-corrected chi connectivity index (χ2v) is 5.10. The van der Waals surface area contributed by atoms with E-state index >= 15 is 0 Å². The Morgan fingerprint density at radius 2 is 1.79 bits per heavy atom. The number of benzene rings is 1. The topological polar surface area (TPSA) is 50.1 Å². The van der Waals surface area contributed by atoms with Crippen molar-refractivity contribution in [3.8, 4) is 5.75 Å². The number of aromatic hydroxyl groups is 1. The Morgan fingerprint density at radius 3 is 2.32 bits per heavy atom. The highest BCUT2D eigenvalue weighted by atomic mass is 16.3. The van der Waals surface area contributed by atoms with Gasteiger partial charge in [0.25, 0.3) is 0 Å². The normalized spacial score (nSPS) is 10.9. The van der Waals surface area contributed by atoms with Crippen LogP contribution in [0.2, 0.25) is 0 Å². The zero-order valence-corrected chi connectivity index (χ0v) is 12.0. The van der Waals surface area contributed by atoms with Crippen molar-refractivity contribution in [1.82, 2.24) is 15.1 Å². The van der Waals surface area contributed by atoms with Crippen molar-refractivity contribution in [3.63, 3.8) is 0 Å². The van der Waals surface area contributed by atoms with E-state index in [1.54, 1.807) is 0 Å². The molecular weight excluding hydrogens is 238 g/mol. The van der Waals surface area contributed by atoms with Gasteiger partial charge in [-0.1, -0.05) is 12.1 Å². The minimum absolute atomic E-state index is 0.395. The summed E-state index contributed by atoms with van der Waals surface area (Å²) < 4.78 is 1.83. The van der Waals surface area contributed by atoms with Crippen LogP contribution in [0.15, 0.2) is 18.3 Å². The molecule has 0 aliphatic carbocycles. The molecule has 0 unspecified atom stereocenters. The van der Waals surface area contributed by atoms with Crippen LogP contribution in [-0.2, 0) is 20.1 Å². The summed E-state index contributed by atoms with van der Waals surface area (Å²) in [4.78, 5) is 0. The van der Waals surface area contributed by atoms with Crippen LogP contribution in [0.5, 0.6) is 5.75 Å². The van der Waals surface area contributed by atoms with E-state index in [4.69, 9.17) is 0 Å². The summed E-state index contributed by atoms with van der Waals surface area (Å²) in [5.74, 6) is 0.395. The van der Waals surface area contributed by atoms with Crippen LogP contribution in [0, 0.1) is 20.8 Å². The Balaban J connectivity index is 1.98. The van der Waals surface area contributed by atoms with Gasteiger partial charge in [-0.3, -0.25) is 4.68 Å². The van der Waals surface area contributed by atoms with Crippen molar-refractivity contribution in [2.24, 2.45) is 7.05 Å². The number of hydrogen-bond donors (Lipinski definition) is 2. The summed E-state index contributed by atoms with van der Waals surface area (Å²) in [7, 11) is 1.93. The average Bonchev–Trinajstić information content (AvgIpc) is 2.65. The predicted octanol–water partition coefficient (Wildman–Crippen LogP) is 2.34. The van der Waals surface area contributed by atoms with Crippen LogP contribution >= 0.6 is 0 Å². The van der Waals surface area contributed by atoms with Crippen LogP contribution in [0.1, 0.15) is 27.9 Å². The summed E-state index contributed by atoms with van der Waals surface area (Å²) in [5.41, 5.74) is 5.32. The Kier molecular flexibility index (Phi) is 3.90. The highest BCUT2D eigenvalue weighted by Gasteiger charge is 2.05. The van der Waals surface area contributed by atoms with Gasteiger partial charge in [0.2, 0.25) is 0 Å². The zero-order valence-electron chi connectivity index (χ0n) is 12.0. The van der Waals surface area contributed by atoms with Crippen molar-refractivity contribution < 1.29 is 5.11 Å². The second-order valence-electron chi connectivity index (χ2n) is 5.10. The molecule has 0 fully saturated rings. The Bertz CT molecular complexity index is 564. The van der Waals surface area contributed by atoms with Crippen molar-refractivity contribution >= 4 is 0 Å². The van der Waals surface area contributed by atoms with E-state index in [1.807, 2.05) is 50.8 Å². The highest BCUT2D eigenvalue weighted by molar-refractivity contribution is 5.42. The van der Waals surface area contributed by atoms with E-state index in [2.05, 4.69) is 10.4 Å². The van der Waals surface area contributed by atoms with Crippen molar-refractivity contribution in [2.75, 3.05) is 0 Å². The number of phenolic OH excluding ortho intramolecular Hbond substituents is 1. The largest absolute Gasteiger partial charge is 0.507 e. The molecule has 19 heavy (non-hydrogen) atoms. The van der Waals surface area contributed by atoms with Crippen LogP contribution in [0.25, 0.3) is 0 Å². The van der Waals surface area contributed by atoms with Gasteiger partial charge in [0, 0.05) is 31.9 Å². The van der Waals surface area contributed by atoms with Gasteiger partial charge in [-0.2, -0.15) is 5.10 Å². The highest BCUT2D eigenvalue weighted by Crippen LogP contribution is 2.22. The monoisotopic (exact) mass is 259 g/mol. The molecular formula is C15H21N3O. The average molecular weight is 259 g/mol. The first-order valence-electron chi connectivity index (χ1n) is 6.46. The minimum atomic E-state index is 0.395. The number of nitrogens with one attached hydrogen (secondary N) is 1.